The third-order valence-electron chi connectivity index (χ3n) is 2.44. The Bertz CT molecular complexity index is 373. The van der Waals surface area contributed by atoms with Crippen LogP contribution in [0.5, 0.6) is 0 Å². The third-order valence-corrected chi connectivity index (χ3v) is 2.44. The Morgan fingerprint density at radius 3 is 2.47 bits per heavy atom. The molecule has 0 spiro atoms. The van der Waals surface area contributed by atoms with Gasteiger partial charge in [0.05, 0.1) is 0 Å². The van der Waals surface area contributed by atoms with Crippen molar-refractivity contribution in [2.45, 2.75) is 19.4 Å². The van der Waals surface area contributed by atoms with Crippen LogP contribution in [0.1, 0.15) is 13.3 Å². The highest BCUT2D eigenvalue weighted by Crippen LogP contribution is 2.16. The second-order valence-corrected chi connectivity index (χ2v) is 4.28. The maximum absolute atomic E-state index is 8.48. The van der Waals surface area contributed by atoms with Gasteiger partial charge in [0.25, 0.3) is 0 Å². The van der Waals surface area contributed by atoms with Crippen molar-refractivity contribution >= 4 is 17.2 Å². The van der Waals surface area contributed by atoms with Crippen molar-refractivity contribution in [1.29, 1.82) is 0 Å². The largest absolute Gasteiger partial charge is 0.409 e. The summed E-state index contributed by atoms with van der Waals surface area (Å²) in [5, 5.41) is 14.7. The molecule has 0 amide bonds. The van der Waals surface area contributed by atoms with Crippen molar-refractivity contribution < 1.29 is 5.21 Å². The minimum Gasteiger partial charge on any atom is -0.409 e. The summed E-state index contributed by atoms with van der Waals surface area (Å²) in [7, 11) is 4.01. The molecular weight excluding hydrogens is 216 g/mol. The minimum absolute atomic E-state index is 0.121. The van der Waals surface area contributed by atoms with Crippen LogP contribution in [0.15, 0.2) is 29.4 Å². The number of hydrogen-bond donors (Lipinski definition) is 3. The monoisotopic (exact) mass is 236 g/mol. The van der Waals surface area contributed by atoms with Crippen molar-refractivity contribution in [3.63, 3.8) is 0 Å². The fraction of sp³-hybridized carbons (Fsp3) is 0.417. The second-order valence-electron chi connectivity index (χ2n) is 4.28. The maximum atomic E-state index is 8.48. The van der Waals surface area contributed by atoms with E-state index in [-0.39, 0.29) is 11.9 Å². The van der Waals surface area contributed by atoms with Gasteiger partial charge in [-0.3, -0.25) is 0 Å². The average Bonchev–Trinajstić information content (AvgIpc) is 2.29. The van der Waals surface area contributed by atoms with Gasteiger partial charge in [0.2, 0.25) is 0 Å². The highest BCUT2D eigenvalue weighted by molar-refractivity contribution is 5.80. The Balaban J connectivity index is 2.57. The molecule has 5 nitrogen and oxygen atoms in total. The molecule has 0 radical (unpaired) electrons. The van der Waals surface area contributed by atoms with Crippen molar-refractivity contribution in [3.05, 3.63) is 24.3 Å². The van der Waals surface area contributed by atoms with E-state index in [1.165, 1.54) is 0 Å². The summed E-state index contributed by atoms with van der Waals surface area (Å²) >= 11 is 0. The molecular formula is C12H20N4O. The molecule has 0 aromatic heterocycles. The number of anilines is 2. The topological polar surface area (TPSA) is 73.9 Å². The van der Waals surface area contributed by atoms with Gasteiger partial charge in [-0.15, -0.1) is 0 Å². The molecule has 0 fully saturated rings. The molecule has 0 aliphatic rings. The summed E-state index contributed by atoms with van der Waals surface area (Å²) < 4.78 is 0. The molecule has 4 N–H and O–H groups in total. The lowest BCUT2D eigenvalue weighted by Crippen LogP contribution is -2.24. The molecule has 1 rings (SSSR count). The zero-order valence-electron chi connectivity index (χ0n) is 10.5. The minimum atomic E-state index is 0.121. The molecule has 0 aliphatic heterocycles. The number of amidine groups is 1. The van der Waals surface area contributed by atoms with Gasteiger partial charge in [0.1, 0.15) is 5.84 Å². The van der Waals surface area contributed by atoms with Crippen LogP contribution in [-0.4, -0.2) is 31.2 Å². The van der Waals surface area contributed by atoms with Crippen molar-refractivity contribution in [1.82, 2.24) is 0 Å². The first-order valence-electron chi connectivity index (χ1n) is 5.53. The van der Waals surface area contributed by atoms with Gasteiger partial charge in [-0.1, -0.05) is 5.16 Å². The molecule has 1 unspecified atom stereocenters. The SMILES string of the molecule is CC(CC(N)=NO)Nc1ccc(N(C)C)cc1. The molecule has 0 bridgehead atoms. The highest BCUT2D eigenvalue weighted by Gasteiger charge is 2.05. The zero-order chi connectivity index (χ0) is 12.8. The van der Waals surface area contributed by atoms with Crippen LogP contribution in [0.3, 0.4) is 0 Å². The number of nitrogens with one attached hydrogen (secondary N) is 1. The quantitative estimate of drug-likeness (QED) is 0.315. The lowest BCUT2D eigenvalue weighted by molar-refractivity contribution is 0.316. The molecule has 0 aliphatic carbocycles. The molecule has 0 heterocycles. The number of oxime groups is 1. The van der Waals surface area contributed by atoms with Gasteiger partial charge in [0.15, 0.2) is 0 Å². The maximum Gasteiger partial charge on any atom is 0.141 e. The van der Waals surface area contributed by atoms with Gasteiger partial charge in [-0.05, 0) is 31.2 Å². The molecule has 1 atom stereocenters. The van der Waals surface area contributed by atoms with E-state index < -0.39 is 0 Å². The fourth-order valence-corrected chi connectivity index (χ4v) is 1.55. The van der Waals surface area contributed by atoms with Crippen molar-refractivity contribution in [2.24, 2.45) is 10.9 Å². The molecule has 1 aromatic carbocycles. The van der Waals surface area contributed by atoms with Crippen LogP contribution in [0.25, 0.3) is 0 Å². The van der Waals surface area contributed by atoms with E-state index in [4.69, 9.17) is 10.9 Å². The summed E-state index contributed by atoms with van der Waals surface area (Å²) in [5.41, 5.74) is 7.62. The number of nitrogens with zero attached hydrogens (tertiary/aromatic N) is 2. The number of benzene rings is 1. The van der Waals surface area contributed by atoms with E-state index in [9.17, 15) is 0 Å². The van der Waals surface area contributed by atoms with Gasteiger partial charge >= 0.3 is 0 Å². The van der Waals surface area contributed by atoms with Crippen LogP contribution >= 0.6 is 0 Å². The second kappa shape index (κ2) is 5.98. The zero-order valence-corrected chi connectivity index (χ0v) is 10.5. The van der Waals surface area contributed by atoms with Crippen LogP contribution < -0.4 is 16.0 Å². The molecule has 1 aromatic rings. The smallest absolute Gasteiger partial charge is 0.141 e. The number of nitrogens with two attached hydrogens (primary N) is 1. The Morgan fingerprint density at radius 2 is 2.00 bits per heavy atom. The van der Waals surface area contributed by atoms with Crippen LogP contribution in [0.4, 0.5) is 11.4 Å². The Morgan fingerprint density at radius 1 is 1.41 bits per heavy atom. The predicted molar refractivity (Wildman–Crippen MR) is 71.9 cm³/mol. The van der Waals surface area contributed by atoms with Crippen LogP contribution in [0, 0.1) is 0 Å². The van der Waals surface area contributed by atoms with E-state index in [2.05, 4.69) is 10.5 Å². The van der Waals surface area contributed by atoms with Gasteiger partial charge in [0, 0.05) is 37.9 Å². The lowest BCUT2D eigenvalue weighted by atomic mass is 10.2. The van der Waals surface area contributed by atoms with E-state index in [1.54, 1.807) is 0 Å². The van der Waals surface area contributed by atoms with Gasteiger partial charge in [-0.2, -0.15) is 0 Å². The third kappa shape index (κ3) is 4.22. The summed E-state index contributed by atoms with van der Waals surface area (Å²) in [6.45, 7) is 1.98. The molecule has 0 saturated heterocycles. The Labute approximate surface area is 102 Å². The Kier molecular flexibility index (Phi) is 4.63. The van der Waals surface area contributed by atoms with E-state index in [0.29, 0.717) is 6.42 Å². The van der Waals surface area contributed by atoms with E-state index in [0.717, 1.165) is 11.4 Å². The highest BCUT2D eigenvalue weighted by atomic mass is 16.4. The van der Waals surface area contributed by atoms with Gasteiger partial charge < -0.3 is 21.2 Å². The number of rotatable bonds is 5. The van der Waals surface area contributed by atoms with Crippen molar-refractivity contribution in [3.8, 4) is 0 Å². The standard InChI is InChI=1S/C12H20N4O/c1-9(8-12(13)15-17)14-10-4-6-11(7-5-10)16(2)3/h4-7,9,14,17H,8H2,1-3H3,(H2,13,15). The van der Waals surface area contributed by atoms with Crippen LogP contribution in [0.2, 0.25) is 0 Å². The first kappa shape index (κ1) is 13.2. The van der Waals surface area contributed by atoms with E-state index in [1.807, 2.05) is 50.2 Å². The Hall–Kier alpha value is -1.91. The van der Waals surface area contributed by atoms with E-state index >= 15 is 0 Å². The summed E-state index contributed by atoms with van der Waals surface area (Å²) in [5.74, 6) is 0.231. The molecule has 94 valence electrons. The van der Waals surface area contributed by atoms with Crippen LogP contribution in [-0.2, 0) is 0 Å². The van der Waals surface area contributed by atoms with Gasteiger partial charge in [-0.25, -0.2) is 0 Å². The number of hydrogen-bond acceptors (Lipinski definition) is 4. The fourth-order valence-electron chi connectivity index (χ4n) is 1.55. The normalized spacial score (nSPS) is 13.2. The first-order chi connectivity index (χ1) is 8.02. The molecule has 5 heteroatoms. The molecule has 0 saturated carbocycles. The van der Waals surface area contributed by atoms with Crippen molar-refractivity contribution in [2.75, 3.05) is 24.3 Å². The predicted octanol–water partition coefficient (Wildman–Crippen LogP) is 1.69. The average molecular weight is 236 g/mol. The summed E-state index contributed by atoms with van der Waals surface area (Å²) in [4.78, 5) is 2.05. The first-order valence-corrected chi connectivity index (χ1v) is 5.53. The summed E-state index contributed by atoms with van der Waals surface area (Å²) in [6.07, 6.45) is 0.506. The lowest BCUT2D eigenvalue weighted by Gasteiger charge is -2.16. The summed E-state index contributed by atoms with van der Waals surface area (Å²) in [6, 6.07) is 8.23. The molecule has 17 heavy (non-hydrogen) atoms.